The van der Waals surface area contributed by atoms with E-state index in [0.29, 0.717) is 0 Å². The van der Waals surface area contributed by atoms with Crippen LogP contribution in [0.3, 0.4) is 0 Å². The molecule has 0 saturated carbocycles. The van der Waals surface area contributed by atoms with Gasteiger partial charge in [0.25, 0.3) is 0 Å². The van der Waals surface area contributed by atoms with Crippen molar-refractivity contribution in [3.05, 3.63) is 10.4 Å². The highest BCUT2D eigenvalue weighted by Gasteiger charge is 2.51. The van der Waals surface area contributed by atoms with Gasteiger partial charge < -0.3 is 54.3 Å². The van der Waals surface area contributed by atoms with Crippen molar-refractivity contribution < 1.29 is 53.5 Å². The van der Waals surface area contributed by atoms with Crippen LogP contribution in [0.25, 0.3) is 0 Å². The zero-order chi connectivity index (χ0) is 33.5. The van der Waals surface area contributed by atoms with Crippen molar-refractivity contribution in [1.29, 1.82) is 0 Å². The fourth-order valence-electron chi connectivity index (χ4n) is 6.87. The van der Waals surface area contributed by atoms with Crippen molar-refractivity contribution in [1.82, 2.24) is 0 Å². The Morgan fingerprint density at radius 3 is 2.16 bits per heavy atom. The smallest absolute Gasteiger partial charge is 0.316 e. The summed E-state index contributed by atoms with van der Waals surface area (Å²) in [5, 5.41) is 72.0. The van der Waals surface area contributed by atoms with Crippen LogP contribution in [0.5, 0.6) is 0 Å². The second-order valence-corrected chi connectivity index (χ2v) is 14.3. The van der Waals surface area contributed by atoms with Gasteiger partial charge in [-0.15, -0.1) is 0 Å². The van der Waals surface area contributed by atoms with Crippen molar-refractivity contribution in [3.8, 4) is 0 Å². The number of carbonyl (C=O) groups is 2. The number of aliphatic hydroxyl groups excluding tert-OH is 2. The van der Waals surface area contributed by atoms with Crippen LogP contribution in [-0.2, 0) is 23.8 Å². The predicted molar refractivity (Wildman–Crippen MR) is 158 cm³/mol. The number of hydrogen-bond donors (Lipinski definition) is 4. The molecule has 4 N–H and O–H groups in total. The maximum Gasteiger partial charge on any atom is 0.316 e. The molecule has 252 valence electrons. The van der Waals surface area contributed by atoms with Crippen LogP contribution in [0.15, 0.2) is 0 Å². The van der Waals surface area contributed by atoms with Crippen LogP contribution in [0.4, 0.5) is 0 Å². The molecule has 0 amide bonds. The number of rotatable bonds is 4. The van der Waals surface area contributed by atoms with Gasteiger partial charge in [0.1, 0.15) is 35.8 Å². The summed E-state index contributed by atoms with van der Waals surface area (Å²) in [4.78, 5) is 27.0. The number of carbonyl (C=O) groups excluding carboxylic acids is 2. The molecule has 2 rings (SSSR count). The van der Waals surface area contributed by atoms with Gasteiger partial charge in [-0.05, 0) is 47.5 Å². The molecule has 0 aliphatic carbocycles. The standard InChI is InChI=1S/C30H56N2O11/c1-12-22-30(8,38)25(35)20(6)32(11,40)15-16(2)14-29(7,37)26(18(4)23(33)19(5)27(36)42-22)43-28-24(34)21(31(9,10)39)13-17(3)41-28/h16-22,24-26,28,34-35,37-38H,12-15H2,1-11H3/t16-,17-,18+,19-,20-,21?,22-,24-,25-,26-,28+,29-,30-,32?/m1/s1. The molecule has 2 aliphatic heterocycles. The number of aliphatic hydroxyl groups is 4. The predicted octanol–water partition coefficient (Wildman–Crippen LogP) is 1.21. The minimum Gasteiger partial charge on any atom is -0.633 e. The Hall–Kier alpha value is -1.26. The largest absolute Gasteiger partial charge is 0.633 e. The molecule has 2 heterocycles. The Bertz CT molecular complexity index is 966. The number of Topliss-reactive ketones (excluding diaryl/α,β-unsaturated/α-hetero) is 1. The van der Waals surface area contributed by atoms with Crippen molar-refractivity contribution >= 4 is 11.8 Å². The molecule has 2 saturated heterocycles. The second kappa shape index (κ2) is 13.6. The normalized spacial score (nSPS) is 48.3. The van der Waals surface area contributed by atoms with Crippen LogP contribution in [-0.4, -0.2) is 129 Å². The number of ether oxygens (including phenoxy) is 3. The molecule has 13 heteroatoms. The van der Waals surface area contributed by atoms with Crippen LogP contribution in [0.1, 0.15) is 74.7 Å². The van der Waals surface area contributed by atoms with Gasteiger partial charge in [0.2, 0.25) is 0 Å². The molecule has 13 nitrogen and oxygen atoms in total. The zero-order valence-corrected chi connectivity index (χ0v) is 27.7. The average Bonchev–Trinajstić information content (AvgIpc) is 2.87. The van der Waals surface area contributed by atoms with E-state index < -0.39 is 98.9 Å². The van der Waals surface area contributed by atoms with Gasteiger partial charge in [-0.25, -0.2) is 0 Å². The number of ketones is 1. The van der Waals surface area contributed by atoms with Gasteiger partial charge in [0.05, 0.1) is 45.5 Å². The van der Waals surface area contributed by atoms with Crippen molar-refractivity contribution in [2.75, 3.05) is 27.7 Å². The average molecular weight is 621 g/mol. The van der Waals surface area contributed by atoms with E-state index in [1.54, 1.807) is 20.8 Å². The first kappa shape index (κ1) is 37.9. The van der Waals surface area contributed by atoms with Crippen LogP contribution < -0.4 is 0 Å². The van der Waals surface area contributed by atoms with Gasteiger partial charge in [0, 0.05) is 18.3 Å². The first-order valence-corrected chi connectivity index (χ1v) is 15.3. The lowest BCUT2D eigenvalue weighted by Crippen LogP contribution is -2.63. The summed E-state index contributed by atoms with van der Waals surface area (Å²) in [7, 11) is 4.17. The molecule has 0 aromatic rings. The highest BCUT2D eigenvalue weighted by atomic mass is 16.7. The molecule has 2 fully saturated rings. The van der Waals surface area contributed by atoms with Crippen LogP contribution >= 0.6 is 0 Å². The summed E-state index contributed by atoms with van der Waals surface area (Å²) < 4.78 is 15.9. The molecule has 0 aromatic heterocycles. The first-order valence-electron chi connectivity index (χ1n) is 15.3. The molecule has 2 unspecified atom stereocenters. The summed E-state index contributed by atoms with van der Waals surface area (Å²) in [5.41, 5.74) is -3.78. The molecule has 43 heavy (non-hydrogen) atoms. The monoisotopic (exact) mass is 620 g/mol. The number of cyclic esters (lactones) is 1. The lowest BCUT2D eigenvalue weighted by atomic mass is 9.78. The Labute approximate surface area is 256 Å². The van der Waals surface area contributed by atoms with Crippen LogP contribution in [0, 0.1) is 28.2 Å². The topological polar surface area (TPSA) is 189 Å². The van der Waals surface area contributed by atoms with Crippen molar-refractivity contribution in [2.45, 2.75) is 135 Å². The van der Waals surface area contributed by atoms with Gasteiger partial charge in [-0.1, -0.05) is 20.8 Å². The minimum absolute atomic E-state index is 0.0358. The van der Waals surface area contributed by atoms with Gasteiger partial charge >= 0.3 is 5.97 Å². The number of likely N-dealkylation sites (N-methyl/N-ethyl adjacent to an activating group) is 2. The van der Waals surface area contributed by atoms with Gasteiger partial charge in [-0.2, -0.15) is 0 Å². The third-order valence-corrected chi connectivity index (χ3v) is 9.62. The summed E-state index contributed by atoms with van der Waals surface area (Å²) in [6.45, 7) is 12.1. The van der Waals surface area contributed by atoms with Crippen LogP contribution in [0.2, 0.25) is 0 Å². The Kier molecular flexibility index (Phi) is 12.0. The Balaban J connectivity index is 2.59. The third kappa shape index (κ3) is 8.51. The fraction of sp³-hybridized carbons (Fsp3) is 0.933. The van der Waals surface area contributed by atoms with Gasteiger partial charge in [-0.3, -0.25) is 9.59 Å². The molecule has 0 radical (unpaired) electrons. The summed E-state index contributed by atoms with van der Waals surface area (Å²) in [6.07, 6.45) is -7.02. The number of esters is 1. The molecule has 0 aromatic carbocycles. The zero-order valence-electron chi connectivity index (χ0n) is 27.7. The Morgan fingerprint density at radius 1 is 1.09 bits per heavy atom. The van der Waals surface area contributed by atoms with E-state index in [0.717, 1.165) is 0 Å². The molecule has 0 bridgehead atoms. The maximum absolute atomic E-state index is 13.8. The first-order chi connectivity index (χ1) is 19.4. The number of hydrogen-bond acceptors (Lipinski definition) is 11. The van der Waals surface area contributed by atoms with E-state index in [2.05, 4.69) is 0 Å². The SMILES string of the molecule is CC[C@H]1OC(=O)[C@H](C)C(=O)[C@H](C)[C@@H](O[C@@H]2O[C@H](C)CC([N+](C)(C)[O-])[C@H]2O)[C@](C)(O)C[C@@H](C)C[N+](C)([O-])[C@H](C)[C@@H](O)[C@]1(C)O. The van der Waals surface area contributed by atoms with E-state index in [1.807, 2.05) is 0 Å². The van der Waals surface area contributed by atoms with E-state index in [1.165, 1.54) is 55.8 Å². The lowest BCUT2D eigenvalue weighted by Gasteiger charge is -2.51. The van der Waals surface area contributed by atoms with Crippen molar-refractivity contribution in [2.24, 2.45) is 17.8 Å². The number of quaternary nitrogens is 2. The van der Waals surface area contributed by atoms with E-state index >= 15 is 0 Å². The van der Waals surface area contributed by atoms with E-state index in [4.69, 9.17) is 14.2 Å². The molecular weight excluding hydrogens is 564 g/mol. The summed E-state index contributed by atoms with van der Waals surface area (Å²) >= 11 is 0. The van der Waals surface area contributed by atoms with Crippen molar-refractivity contribution in [3.63, 3.8) is 0 Å². The number of hydroxylamine groups is 6. The molecule has 0 spiro atoms. The van der Waals surface area contributed by atoms with E-state index in [-0.39, 0.29) is 25.8 Å². The quantitative estimate of drug-likeness (QED) is 0.116. The third-order valence-electron chi connectivity index (χ3n) is 9.62. The second-order valence-electron chi connectivity index (χ2n) is 14.3. The highest BCUT2D eigenvalue weighted by molar-refractivity contribution is 6.00. The number of nitrogens with zero attached hydrogens (tertiary/aromatic N) is 2. The minimum atomic E-state index is -2.00. The molecule has 2 aliphatic rings. The molecular formula is C30H56N2O11. The summed E-state index contributed by atoms with van der Waals surface area (Å²) in [5.74, 6) is -4.53. The fourth-order valence-corrected chi connectivity index (χ4v) is 6.87. The Morgan fingerprint density at radius 2 is 1.65 bits per heavy atom. The van der Waals surface area contributed by atoms with Gasteiger partial charge in [0.15, 0.2) is 18.2 Å². The highest BCUT2D eigenvalue weighted by Crippen LogP contribution is 2.36. The lowest BCUT2D eigenvalue weighted by molar-refractivity contribution is -0.892. The summed E-state index contributed by atoms with van der Waals surface area (Å²) in [6, 6.07) is -1.85. The maximum atomic E-state index is 13.8. The molecule has 14 atom stereocenters. The van der Waals surface area contributed by atoms with E-state index in [9.17, 15) is 40.4 Å².